The van der Waals surface area contributed by atoms with Crippen molar-refractivity contribution in [1.82, 2.24) is 18.9 Å². The highest BCUT2D eigenvalue weighted by Gasteiger charge is 2.44. The van der Waals surface area contributed by atoms with E-state index in [9.17, 15) is 18.0 Å². The Balaban J connectivity index is 1.79. The molecule has 0 spiro atoms. The number of carbonyl (C=O) groups is 2. The Kier molecular flexibility index (Phi) is 9.91. The minimum atomic E-state index is -4.09. The molecule has 0 bridgehead atoms. The monoisotopic (exact) mass is 598 g/mol. The van der Waals surface area contributed by atoms with Gasteiger partial charge < -0.3 is 10.1 Å². The van der Waals surface area contributed by atoms with Gasteiger partial charge in [-0.2, -0.15) is 17.0 Å². The van der Waals surface area contributed by atoms with Gasteiger partial charge in [0.25, 0.3) is 5.91 Å². The molecule has 39 heavy (non-hydrogen) atoms. The van der Waals surface area contributed by atoms with Gasteiger partial charge in [-0.05, 0) is 84.2 Å². The third-order valence-corrected chi connectivity index (χ3v) is 9.16. The van der Waals surface area contributed by atoms with Crippen LogP contribution in [0.15, 0.2) is 42.6 Å². The number of ether oxygens (including phenoxy) is 1. The van der Waals surface area contributed by atoms with Gasteiger partial charge in [-0.25, -0.2) is 4.79 Å². The van der Waals surface area contributed by atoms with Crippen LogP contribution < -0.4 is 5.32 Å². The van der Waals surface area contributed by atoms with E-state index in [4.69, 9.17) is 27.9 Å². The maximum absolute atomic E-state index is 13.4. The minimum absolute atomic E-state index is 0.0462. The summed E-state index contributed by atoms with van der Waals surface area (Å²) in [4.78, 5) is 30.2. The second-order valence-electron chi connectivity index (χ2n) is 10.8. The number of benzene rings is 1. The van der Waals surface area contributed by atoms with Gasteiger partial charge in [0.15, 0.2) is 0 Å². The predicted molar refractivity (Wildman–Crippen MR) is 152 cm³/mol. The van der Waals surface area contributed by atoms with Gasteiger partial charge in [0.1, 0.15) is 5.60 Å². The molecule has 1 fully saturated rings. The summed E-state index contributed by atoms with van der Waals surface area (Å²) in [6.07, 6.45) is 2.24. The molecule has 1 aromatic carbocycles. The fourth-order valence-electron chi connectivity index (χ4n) is 4.84. The van der Waals surface area contributed by atoms with E-state index >= 15 is 0 Å². The number of aromatic nitrogens is 1. The summed E-state index contributed by atoms with van der Waals surface area (Å²) in [5, 5.41) is 3.71. The number of nitrogens with zero attached hydrogens (tertiary/aromatic N) is 3. The zero-order chi connectivity index (χ0) is 29.0. The maximum atomic E-state index is 13.4. The number of amides is 2. The first kappa shape index (κ1) is 31.1. The molecular formula is C27H36Cl2N4O5S. The lowest BCUT2D eigenvalue weighted by atomic mass is 9.71. The average molecular weight is 600 g/mol. The highest BCUT2D eigenvalue weighted by Crippen LogP contribution is 2.40. The van der Waals surface area contributed by atoms with Crippen LogP contribution in [0.3, 0.4) is 0 Å². The lowest BCUT2D eigenvalue weighted by Crippen LogP contribution is -2.53. The molecule has 1 aliphatic rings. The van der Waals surface area contributed by atoms with E-state index in [1.54, 1.807) is 46.0 Å². The topological polar surface area (TPSA) is 109 Å². The maximum Gasteiger partial charge on any atom is 0.425 e. The summed E-state index contributed by atoms with van der Waals surface area (Å²) in [6.45, 7) is 8.88. The number of carbonyl (C=O) groups excluding carboxylic acids is 2. The van der Waals surface area contributed by atoms with Crippen molar-refractivity contribution in [3.63, 3.8) is 0 Å². The summed E-state index contributed by atoms with van der Waals surface area (Å²) in [5.41, 5.74) is -0.172. The van der Waals surface area contributed by atoms with E-state index in [0.717, 1.165) is 10.00 Å². The Labute approximate surface area is 241 Å². The van der Waals surface area contributed by atoms with Gasteiger partial charge in [-0.1, -0.05) is 29.3 Å². The van der Waals surface area contributed by atoms with Crippen molar-refractivity contribution in [2.45, 2.75) is 70.9 Å². The molecule has 2 heterocycles. The van der Waals surface area contributed by atoms with Gasteiger partial charge in [0.2, 0.25) is 0 Å². The van der Waals surface area contributed by atoms with E-state index in [2.05, 4.69) is 10.3 Å². The largest absolute Gasteiger partial charge is 0.443 e. The summed E-state index contributed by atoms with van der Waals surface area (Å²) >= 11 is 12.2. The smallest absolute Gasteiger partial charge is 0.425 e. The van der Waals surface area contributed by atoms with Crippen LogP contribution in [-0.4, -0.2) is 65.3 Å². The number of pyridine rings is 1. The van der Waals surface area contributed by atoms with E-state index < -0.39 is 27.3 Å². The zero-order valence-corrected chi connectivity index (χ0v) is 25.2. The lowest BCUT2D eigenvalue weighted by Gasteiger charge is -2.43. The van der Waals surface area contributed by atoms with Crippen LogP contribution in [0.2, 0.25) is 10.0 Å². The molecule has 12 heteroatoms. The summed E-state index contributed by atoms with van der Waals surface area (Å²) in [6, 6.07) is 10.1. The highest BCUT2D eigenvalue weighted by molar-refractivity contribution is 7.87. The Morgan fingerprint density at radius 1 is 1.18 bits per heavy atom. The second-order valence-corrected chi connectivity index (χ2v) is 13.4. The van der Waals surface area contributed by atoms with Crippen molar-refractivity contribution in [2.75, 3.05) is 19.6 Å². The standard InChI is InChI=1S/C27H36Cl2N4O5S/c1-6-33(25(35)38-26(3,4)5)39(36,37)32-15-12-27(13-16-32,23-9-7-8-14-30-23)18-19(2)31-24(34)21-11-10-20(28)17-22(21)29/h7-11,14,17,19H,6,12-13,15-16,18H2,1-5H3,(H,31,34). The van der Waals surface area contributed by atoms with Crippen molar-refractivity contribution in [1.29, 1.82) is 0 Å². The molecule has 0 radical (unpaired) electrons. The van der Waals surface area contributed by atoms with Gasteiger partial charge >= 0.3 is 16.3 Å². The van der Waals surface area contributed by atoms with E-state index in [1.807, 2.05) is 25.1 Å². The molecule has 1 aromatic heterocycles. The molecule has 0 aliphatic carbocycles. The number of hydrogen-bond acceptors (Lipinski definition) is 6. The summed E-state index contributed by atoms with van der Waals surface area (Å²) in [7, 11) is -4.09. The second kappa shape index (κ2) is 12.4. The first-order valence-corrected chi connectivity index (χ1v) is 15.0. The van der Waals surface area contributed by atoms with Crippen molar-refractivity contribution < 1.29 is 22.7 Å². The predicted octanol–water partition coefficient (Wildman–Crippen LogP) is 5.43. The molecular weight excluding hydrogens is 563 g/mol. The Bertz CT molecular complexity index is 1280. The molecule has 1 unspecified atom stereocenters. The van der Waals surface area contributed by atoms with E-state index in [0.29, 0.717) is 29.8 Å². The Hall–Kier alpha value is -2.40. The van der Waals surface area contributed by atoms with E-state index in [-0.39, 0.29) is 36.6 Å². The quantitative estimate of drug-likeness (QED) is 0.434. The molecule has 1 N–H and O–H groups in total. The number of halogens is 2. The zero-order valence-electron chi connectivity index (χ0n) is 22.9. The molecule has 2 amide bonds. The van der Waals surface area contributed by atoms with Crippen molar-refractivity contribution in [2.24, 2.45) is 0 Å². The molecule has 2 aromatic rings. The normalized spacial score (nSPS) is 16.8. The number of rotatable bonds is 8. The lowest BCUT2D eigenvalue weighted by molar-refractivity contribution is 0.0385. The Morgan fingerprint density at radius 2 is 1.85 bits per heavy atom. The first-order valence-electron chi connectivity index (χ1n) is 12.9. The van der Waals surface area contributed by atoms with Gasteiger partial charge in [-0.15, -0.1) is 0 Å². The molecule has 1 saturated heterocycles. The van der Waals surface area contributed by atoms with Gasteiger partial charge in [-0.3, -0.25) is 9.78 Å². The molecule has 9 nitrogen and oxygen atoms in total. The fraction of sp³-hybridized carbons (Fsp3) is 0.519. The fourth-order valence-corrected chi connectivity index (χ4v) is 6.81. The van der Waals surface area contributed by atoms with Crippen LogP contribution in [0.25, 0.3) is 0 Å². The molecule has 1 aliphatic heterocycles. The first-order chi connectivity index (χ1) is 18.2. The van der Waals surface area contributed by atoms with E-state index in [1.165, 1.54) is 10.4 Å². The summed E-state index contributed by atoms with van der Waals surface area (Å²) in [5.74, 6) is -0.323. The molecule has 0 saturated carbocycles. The van der Waals surface area contributed by atoms with Crippen LogP contribution in [0.5, 0.6) is 0 Å². The number of hydrogen-bond donors (Lipinski definition) is 1. The van der Waals surface area contributed by atoms with Gasteiger partial charge in [0, 0.05) is 48.0 Å². The SMILES string of the molecule is CCN(C(=O)OC(C)(C)C)S(=O)(=O)N1CCC(CC(C)NC(=O)c2ccc(Cl)cc2Cl)(c2ccccn2)CC1. The van der Waals surface area contributed by atoms with Crippen molar-refractivity contribution >= 4 is 45.4 Å². The molecule has 3 rings (SSSR count). The summed E-state index contributed by atoms with van der Waals surface area (Å²) < 4.78 is 34.3. The minimum Gasteiger partial charge on any atom is -0.443 e. The van der Waals surface area contributed by atoms with Crippen LogP contribution in [0, 0.1) is 0 Å². The van der Waals surface area contributed by atoms with Crippen LogP contribution in [-0.2, 0) is 20.4 Å². The average Bonchev–Trinajstić information content (AvgIpc) is 2.83. The highest BCUT2D eigenvalue weighted by atomic mass is 35.5. The van der Waals surface area contributed by atoms with Crippen LogP contribution in [0.1, 0.15) is 69.9 Å². The Morgan fingerprint density at radius 3 is 2.38 bits per heavy atom. The van der Waals surface area contributed by atoms with Crippen LogP contribution >= 0.6 is 23.2 Å². The molecule has 214 valence electrons. The third-order valence-electron chi connectivity index (χ3n) is 6.63. The number of nitrogens with one attached hydrogen (secondary N) is 1. The van der Waals surface area contributed by atoms with Crippen molar-refractivity contribution in [3.05, 3.63) is 63.9 Å². The molecule has 1 atom stereocenters. The third kappa shape index (κ3) is 7.63. The van der Waals surface area contributed by atoms with Crippen LogP contribution in [0.4, 0.5) is 4.79 Å². The van der Waals surface area contributed by atoms with Crippen molar-refractivity contribution in [3.8, 4) is 0 Å². The van der Waals surface area contributed by atoms with Gasteiger partial charge in [0.05, 0.1) is 10.6 Å². The number of piperidine rings is 1.